The quantitative estimate of drug-likeness (QED) is 0.532. The molecule has 0 aliphatic carbocycles. The van der Waals surface area contributed by atoms with Gasteiger partial charge in [-0.2, -0.15) is 0 Å². The van der Waals surface area contributed by atoms with Crippen molar-refractivity contribution in [3.63, 3.8) is 0 Å². The van der Waals surface area contributed by atoms with Crippen LogP contribution in [-0.2, 0) is 33.3 Å². The lowest BCUT2D eigenvalue weighted by molar-refractivity contribution is -0.266. The summed E-state index contributed by atoms with van der Waals surface area (Å²) in [5, 5.41) is 9.07. The smallest absolute Gasteiger partial charge is 0.303 e. The summed E-state index contributed by atoms with van der Waals surface area (Å²) >= 11 is 0. The highest BCUT2D eigenvalue weighted by Gasteiger charge is 2.54. The number of carbonyl (C=O) groups excluding carboxylic acids is 3. The van der Waals surface area contributed by atoms with Crippen LogP contribution in [0.15, 0.2) is 0 Å². The second kappa shape index (κ2) is 8.88. The van der Waals surface area contributed by atoms with Crippen molar-refractivity contribution in [1.82, 2.24) is 0 Å². The summed E-state index contributed by atoms with van der Waals surface area (Å²) in [5.74, 6) is -2.51. The molecule has 0 saturated carbocycles. The van der Waals surface area contributed by atoms with Gasteiger partial charge in [0.05, 0.1) is 0 Å². The minimum atomic E-state index is -3.06. The minimum Gasteiger partial charge on any atom is -0.456 e. The van der Waals surface area contributed by atoms with Crippen LogP contribution in [0.3, 0.4) is 0 Å². The van der Waals surface area contributed by atoms with Gasteiger partial charge in [0.2, 0.25) is 0 Å². The Morgan fingerprint density at radius 2 is 1.42 bits per heavy atom. The molecular weight excluding hydrogens is 334 g/mol. The molecule has 1 rings (SSSR count). The van der Waals surface area contributed by atoms with Gasteiger partial charge in [-0.25, -0.2) is 8.78 Å². The summed E-state index contributed by atoms with van der Waals surface area (Å²) in [4.78, 5) is 33.9. The number of aliphatic hydroxyl groups is 1. The fraction of sp³-hybridized carbons (Fsp3) is 0.786. The lowest BCUT2D eigenvalue weighted by atomic mass is 9.92. The second-order valence-corrected chi connectivity index (χ2v) is 5.21. The van der Waals surface area contributed by atoms with Crippen LogP contribution in [0.5, 0.6) is 0 Å². The van der Waals surface area contributed by atoms with Gasteiger partial charge in [-0.15, -0.1) is 0 Å². The van der Waals surface area contributed by atoms with Crippen LogP contribution in [0.4, 0.5) is 8.78 Å². The van der Waals surface area contributed by atoms with Crippen LogP contribution in [0.2, 0.25) is 0 Å². The monoisotopic (exact) mass is 354 g/mol. The molecule has 0 spiro atoms. The molecule has 8 nitrogen and oxygen atoms in total. The minimum absolute atomic E-state index is 0.147. The van der Waals surface area contributed by atoms with E-state index in [-0.39, 0.29) is 6.42 Å². The van der Waals surface area contributed by atoms with Crippen molar-refractivity contribution < 1.29 is 47.2 Å². The van der Waals surface area contributed by atoms with Gasteiger partial charge in [-0.05, 0) is 0 Å². The second-order valence-electron chi connectivity index (χ2n) is 5.21. The molecule has 0 aromatic carbocycles. The lowest BCUT2D eigenvalue weighted by Crippen LogP contribution is -2.63. The Morgan fingerprint density at radius 1 is 0.958 bits per heavy atom. The number of carbonyl (C=O) groups is 3. The van der Waals surface area contributed by atoms with E-state index in [1.807, 2.05) is 0 Å². The maximum atomic E-state index is 13.3. The first-order chi connectivity index (χ1) is 11.2. The van der Waals surface area contributed by atoms with Crippen molar-refractivity contribution >= 4 is 17.9 Å². The van der Waals surface area contributed by atoms with Crippen molar-refractivity contribution in [3.05, 3.63) is 0 Å². The van der Waals surface area contributed by atoms with Gasteiger partial charge >= 0.3 is 17.9 Å². The van der Waals surface area contributed by atoms with Crippen LogP contribution in [-0.4, -0.2) is 66.6 Å². The molecule has 5 unspecified atom stereocenters. The summed E-state index contributed by atoms with van der Waals surface area (Å²) in [6, 6.07) is 0. The highest BCUT2D eigenvalue weighted by molar-refractivity contribution is 5.68. The van der Waals surface area contributed by atoms with E-state index in [2.05, 4.69) is 0 Å². The van der Waals surface area contributed by atoms with Crippen molar-refractivity contribution in [3.8, 4) is 0 Å². The third kappa shape index (κ3) is 5.38. The Balaban J connectivity index is 3.25. The Hall–Kier alpha value is -1.81. The highest BCUT2D eigenvalue weighted by atomic mass is 19.3. The number of ether oxygens (including phenoxy) is 4. The molecule has 1 fully saturated rings. The van der Waals surface area contributed by atoms with Gasteiger partial charge in [0.1, 0.15) is 6.10 Å². The first-order valence-corrected chi connectivity index (χ1v) is 7.23. The van der Waals surface area contributed by atoms with Crippen LogP contribution in [0.25, 0.3) is 0 Å². The number of hydrogen-bond acceptors (Lipinski definition) is 8. The fourth-order valence-electron chi connectivity index (χ4n) is 2.49. The molecule has 1 saturated heterocycles. The maximum Gasteiger partial charge on any atom is 0.303 e. The van der Waals surface area contributed by atoms with Crippen LogP contribution in [0.1, 0.15) is 27.2 Å². The first kappa shape index (κ1) is 20.2. The summed E-state index contributed by atoms with van der Waals surface area (Å²) in [7, 11) is 0. The summed E-state index contributed by atoms with van der Waals surface area (Å²) in [6.07, 6.45) is -10.7. The van der Waals surface area contributed by atoms with E-state index in [9.17, 15) is 23.2 Å². The third-order valence-electron chi connectivity index (χ3n) is 3.24. The van der Waals surface area contributed by atoms with Gasteiger partial charge in [0.15, 0.2) is 24.4 Å². The largest absolute Gasteiger partial charge is 0.456 e. The van der Waals surface area contributed by atoms with E-state index >= 15 is 0 Å². The Kier molecular flexibility index (Phi) is 7.49. The topological polar surface area (TPSA) is 108 Å². The van der Waals surface area contributed by atoms with Gasteiger partial charge in [-0.1, -0.05) is 0 Å². The van der Waals surface area contributed by atoms with E-state index in [0.29, 0.717) is 0 Å². The van der Waals surface area contributed by atoms with Crippen molar-refractivity contribution in [2.45, 2.75) is 64.1 Å². The molecular formula is C14H20F2O8. The normalized spacial score (nSPS) is 29.9. The molecule has 138 valence electrons. The Labute approximate surface area is 137 Å². The van der Waals surface area contributed by atoms with Crippen LogP contribution < -0.4 is 0 Å². The standard InChI is InChI=1S/C14H20F2O8/c1-6(18)21-10-9(4-5-17)24-13(14(15)16)12(23-8(3)20)11(10)22-7(2)19/h9-14,17H,4-5H2,1-3H3. The molecule has 1 N–H and O–H groups in total. The molecule has 10 heteroatoms. The molecule has 1 aliphatic heterocycles. The number of alkyl halides is 2. The molecule has 24 heavy (non-hydrogen) atoms. The number of aliphatic hydroxyl groups excluding tert-OH is 1. The number of halogens is 2. The average molecular weight is 354 g/mol. The molecule has 0 aromatic heterocycles. The van der Waals surface area contributed by atoms with Gasteiger partial charge in [-0.3, -0.25) is 14.4 Å². The highest BCUT2D eigenvalue weighted by Crippen LogP contribution is 2.32. The Bertz CT molecular complexity index is 470. The van der Waals surface area contributed by atoms with Crippen LogP contribution in [0, 0.1) is 0 Å². The van der Waals surface area contributed by atoms with E-state index in [1.54, 1.807) is 0 Å². The fourth-order valence-corrected chi connectivity index (χ4v) is 2.49. The van der Waals surface area contributed by atoms with Gasteiger partial charge in [0, 0.05) is 33.8 Å². The lowest BCUT2D eigenvalue weighted by Gasteiger charge is -2.44. The third-order valence-corrected chi connectivity index (χ3v) is 3.24. The molecule has 1 heterocycles. The molecule has 0 bridgehead atoms. The first-order valence-electron chi connectivity index (χ1n) is 7.23. The zero-order valence-electron chi connectivity index (χ0n) is 13.4. The van der Waals surface area contributed by atoms with Crippen molar-refractivity contribution in [1.29, 1.82) is 0 Å². The predicted molar refractivity (Wildman–Crippen MR) is 73.0 cm³/mol. The molecule has 0 amide bonds. The van der Waals surface area contributed by atoms with Crippen molar-refractivity contribution in [2.24, 2.45) is 0 Å². The summed E-state index contributed by atoms with van der Waals surface area (Å²) < 4.78 is 46.6. The van der Waals surface area contributed by atoms with Gasteiger partial charge < -0.3 is 24.1 Å². The van der Waals surface area contributed by atoms with Crippen LogP contribution >= 0.6 is 0 Å². The molecule has 0 radical (unpaired) electrons. The molecule has 1 aliphatic rings. The molecule has 0 aromatic rings. The van der Waals surface area contributed by atoms with E-state index < -0.39 is 61.5 Å². The summed E-state index contributed by atoms with van der Waals surface area (Å²) in [5.41, 5.74) is 0. The molecule has 5 atom stereocenters. The van der Waals surface area contributed by atoms with Gasteiger partial charge in [0.25, 0.3) is 6.43 Å². The van der Waals surface area contributed by atoms with E-state index in [1.165, 1.54) is 0 Å². The van der Waals surface area contributed by atoms with Crippen molar-refractivity contribution in [2.75, 3.05) is 6.61 Å². The Morgan fingerprint density at radius 3 is 1.83 bits per heavy atom. The summed E-state index contributed by atoms with van der Waals surface area (Å²) in [6.45, 7) is 2.65. The van der Waals surface area contributed by atoms with E-state index in [4.69, 9.17) is 24.1 Å². The number of rotatable bonds is 6. The number of hydrogen-bond donors (Lipinski definition) is 1. The van der Waals surface area contributed by atoms with E-state index in [0.717, 1.165) is 20.8 Å². The predicted octanol–water partition coefficient (Wildman–Crippen LogP) is 0.196. The maximum absolute atomic E-state index is 13.3. The number of esters is 3. The zero-order valence-corrected chi connectivity index (χ0v) is 13.4. The SMILES string of the molecule is CC(=O)OC1C(CCO)OC(C(F)F)C(OC(C)=O)C1OC(C)=O. The zero-order chi connectivity index (χ0) is 18.4. The average Bonchev–Trinajstić information content (AvgIpc) is 2.43.